The minimum absolute atomic E-state index is 0.0408. The third kappa shape index (κ3) is 4.02. The van der Waals surface area contributed by atoms with Gasteiger partial charge in [-0.05, 0) is 24.6 Å². The van der Waals surface area contributed by atoms with Crippen LogP contribution in [0.3, 0.4) is 0 Å². The summed E-state index contributed by atoms with van der Waals surface area (Å²) in [6.45, 7) is 2.41. The summed E-state index contributed by atoms with van der Waals surface area (Å²) >= 11 is 3.94. The average molecular weight is 257 g/mol. The number of thiol groups is 1. The minimum Gasteiger partial charge on any atom is -0.383 e. The number of halogens is 1. The first kappa shape index (κ1) is 14.0. The lowest BCUT2D eigenvalue weighted by atomic mass is 10.1. The van der Waals surface area contributed by atoms with Gasteiger partial charge in [-0.2, -0.15) is 0 Å². The molecule has 1 atom stereocenters. The van der Waals surface area contributed by atoms with Crippen molar-refractivity contribution in [2.75, 3.05) is 13.7 Å². The summed E-state index contributed by atoms with van der Waals surface area (Å²) in [5.74, 6) is -0.682. The van der Waals surface area contributed by atoms with Crippen LogP contribution < -0.4 is 5.32 Å². The largest absolute Gasteiger partial charge is 0.383 e. The van der Waals surface area contributed by atoms with E-state index in [1.807, 2.05) is 6.92 Å². The van der Waals surface area contributed by atoms with Gasteiger partial charge in [0, 0.05) is 17.6 Å². The highest BCUT2D eigenvalue weighted by Gasteiger charge is 2.12. The van der Waals surface area contributed by atoms with Crippen LogP contribution in [0, 0.1) is 5.82 Å². The predicted molar refractivity (Wildman–Crippen MR) is 67.1 cm³/mol. The number of benzene rings is 1. The molecule has 1 N–H and O–H groups in total. The maximum Gasteiger partial charge on any atom is 0.251 e. The summed E-state index contributed by atoms with van der Waals surface area (Å²) in [4.78, 5) is 12.0. The van der Waals surface area contributed by atoms with Crippen LogP contribution >= 0.6 is 12.6 Å². The number of ether oxygens (including phenoxy) is 1. The van der Waals surface area contributed by atoms with Gasteiger partial charge in [0.2, 0.25) is 0 Å². The number of methoxy groups -OCH3 is 1. The van der Waals surface area contributed by atoms with Crippen molar-refractivity contribution in [3.8, 4) is 0 Å². The van der Waals surface area contributed by atoms with Crippen LogP contribution in [0.4, 0.5) is 4.39 Å². The number of hydrogen-bond acceptors (Lipinski definition) is 3. The first-order chi connectivity index (χ1) is 8.08. The molecule has 1 unspecified atom stereocenters. The fourth-order valence-electron chi connectivity index (χ4n) is 1.39. The Labute approximate surface area is 106 Å². The Kier molecular flexibility index (Phi) is 5.44. The molecule has 94 valence electrons. The second kappa shape index (κ2) is 6.61. The van der Waals surface area contributed by atoms with Crippen molar-refractivity contribution in [2.45, 2.75) is 24.3 Å². The van der Waals surface area contributed by atoms with Crippen LogP contribution in [0.15, 0.2) is 23.1 Å². The number of nitrogens with one attached hydrogen (secondary N) is 1. The van der Waals surface area contributed by atoms with Crippen molar-refractivity contribution < 1.29 is 13.9 Å². The first-order valence-corrected chi connectivity index (χ1v) is 5.81. The molecule has 0 fully saturated rings. The van der Waals surface area contributed by atoms with E-state index in [0.29, 0.717) is 12.2 Å². The van der Waals surface area contributed by atoms with Crippen molar-refractivity contribution in [3.63, 3.8) is 0 Å². The Bertz CT molecular complexity index is 398. The zero-order valence-electron chi connectivity index (χ0n) is 9.87. The third-order valence-electron chi connectivity index (χ3n) is 2.40. The van der Waals surface area contributed by atoms with E-state index in [0.717, 1.165) is 6.42 Å². The molecule has 0 radical (unpaired) electrons. The van der Waals surface area contributed by atoms with Crippen LogP contribution in [-0.2, 0) is 4.74 Å². The van der Waals surface area contributed by atoms with Gasteiger partial charge in [-0.1, -0.05) is 6.92 Å². The number of carbonyl (C=O) groups excluding carboxylic acids is 1. The zero-order chi connectivity index (χ0) is 12.8. The molecule has 0 heterocycles. The standard InChI is InChI=1S/C12H16FNO2S/c1-3-9(7-16-2)14-12(15)8-4-5-10(13)11(17)6-8/h4-6,9,17H,3,7H2,1-2H3,(H,14,15). The van der Waals surface area contributed by atoms with Crippen LogP contribution in [0.1, 0.15) is 23.7 Å². The van der Waals surface area contributed by atoms with Crippen LogP contribution in [0.2, 0.25) is 0 Å². The molecule has 0 aliphatic heterocycles. The Morgan fingerprint density at radius 1 is 1.59 bits per heavy atom. The van der Waals surface area contributed by atoms with Gasteiger partial charge in [-0.3, -0.25) is 4.79 Å². The molecule has 0 aliphatic carbocycles. The van der Waals surface area contributed by atoms with Gasteiger partial charge in [0.1, 0.15) is 5.82 Å². The Balaban J connectivity index is 2.72. The summed E-state index contributed by atoms with van der Waals surface area (Å²) in [6.07, 6.45) is 0.772. The van der Waals surface area contributed by atoms with E-state index in [1.54, 1.807) is 7.11 Å². The summed E-state index contributed by atoms with van der Waals surface area (Å²) in [5, 5.41) is 2.81. The fraction of sp³-hybridized carbons (Fsp3) is 0.417. The van der Waals surface area contributed by atoms with E-state index >= 15 is 0 Å². The number of amides is 1. The number of rotatable bonds is 5. The van der Waals surface area contributed by atoms with Gasteiger partial charge in [-0.15, -0.1) is 12.6 Å². The number of carbonyl (C=O) groups is 1. The molecular formula is C12H16FNO2S. The predicted octanol–water partition coefficient (Wildman–Crippen LogP) is 2.27. The molecule has 1 rings (SSSR count). The summed E-state index contributed by atoms with van der Waals surface area (Å²) < 4.78 is 18.0. The summed E-state index contributed by atoms with van der Waals surface area (Å²) in [5.41, 5.74) is 0.394. The van der Waals surface area contributed by atoms with E-state index in [2.05, 4.69) is 17.9 Å². The fourth-order valence-corrected chi connectivity index (χ4v) is 1.60. The molecule has 0 spiro atoms. The Hall–Kier alpha value is -1.07. The molecule has 0 bridgehead atoms. The SMILES string of the molecule is CCC(COC)NC(=O)c1ccc(F)c(S)c1. The molecule has 0 saturated heterocycles. The molecule has 3 nitrogen and oxygen atoms in total. The molecule has 1 amide bonds. The molecule has 1 aromatic rings. The third-order valence-corrected chi connectivity index (χ3v) is 2.75. The lowest BCUT2D eigenvalue weighted by Crippen LogP contribution is -2.37. The quantitative estimate of drug-likeness (QED) is 0.794. The van der Waals surface area contributed by atoms with Gasteiger partial charge >= 0.3 is 0 Å². The second-order valence-corrected chi connectivity index (χ2v) is 4.18. The van der Waals surface area contributed by atoms with Gasteiger partial charge in [0.05, 0.1) is 12.6 Å². The van der Waals surface area contributed by atoms with E-state index < -0.39 is 5.82 Å². The Morgan fingerprint density at radius 2 is 2.29 bits per heavy atom. The highest BCUT2D eigenvalue weighted by Crippen LogP contribution is 2.14. The molecule has 0 saturated carbocycles. The van der Waals surface area contributed by atoms with E-state index in [-0.39, 0.29) is 16.8 Å². The van der Waals surface area contributed by atoms with Gasteiger partial charge < -0.3 is 10.1 Å². The maximum absolute atomic E-state index is 13.0. The van der Waals surface area contributed by atoms with E-state index in [1.165, 1.54) is 18.2 Å². The van der Waals surface area contributed by atoms with Crippen LogP contribution in [0.25, 0.3) is 0 Å². The molecule has 1 aromatic carbocycles. The van der Waals surface area contributed by atoms with Crippen molar-refractivity contribution in [1.82, 2.24) is 5.32 Å². The lowest BCUT2D eigenvalue weighted by molar-refractivity contribution is 0.0894. The zero-order valence-corrected chi connectivity index (χ0v) is 10.8. The smallest absolute Gasteiger partial charge is 0.251 e. The topological polar surface area (TPSA) is 38.3 Å². The van der Waals surface area contributed by atoms with Crippen molar-refractivity contribution in [3.05, 3.63) is 29.6 Å². The maximum atomic E-state index is 13.0. The minimum atomic E-state index is -0.436. The lowest BCUT2D eigenvalue weighted by Gasteiger charge is -2.16. The average Bonchev–Trinajstić information content (AvgIpc) is 2.31. The summed E-state index contributed by atoms with van der Waals surface area (Å²) in [6, 6.07) is 4.03. The van der Waals surface area contributed by atoms with Gasteiger partial charge in [-0.25, -0.2) is 4.39 Å². The monoisotopic (exact) mass is 257 g/mol. The van der Waals surface area contributed by atoms with Crippen molar-refractivity contribution in [2.24, 2.45) is 0 Å². The molecule has 17 heavy (non-hydrogen) atoms. The molecule has 5 heteroatoms. The highest BCUT2D eigenvalue weighted by atomic mass is 32.1. The van der Waals surface area contributed by atoms with E-state index in [4.69, 9.17) is 4.74 Å². The summed E-state index contributed by atoms with van der Waals surface area (Å²) in [7, 11) is 1.58. The normalized spacial score (nSPS) is 12.2. The van der Waals surface area contributed by atoms with Crippen molar-refractivity contribution >= 4 is 18.5 Å². The van der Waals surface area contributed by atoms with Gasteiger partial charge in [0.25, 0.3) is 5.91 Å². The molecule has 0 aliphatic rings. The van der Waals surface area contributed by atoms with Crippen molar-refractivity contribution in [1.29, 1.82) is 0 Å². The number of hydrogen-bond donors (Lipinski definition) is 2. The van der Waals surface area contributed by atoms with Crippen LogP contribution in [0.5, 0.6) is 0 Å². The second-order valence-electron chi connectivity index (χ2n) is 3.70. The van der Waals surface area contributed by atoms with Gasteiger partial charge in [0.15, 0.2) is 0 Å². The molecular weight excluding hydrogens is 241 g/mol. The highest BCUT2D eigenvalue weighted by molar-refractivity contribution is 7.80. The first-order valence-electron chi connectivity index (χ1n) is 5.36. The Morgan fingerprint density at radius 3 is 2.82 bits per heavy atom. The van der Waals surface area contributed by atoms with Crippen LogP contribution in [-0.4, -0.2) is 25.7 Å². The van der Waals surface area contributed by atoms with E-state index in [9.17, 15) is 9.18 Å². The molecule has 0 aromatic heterocycles.